The predicted molar refractivity (Wildman–Crippen MR) is 61.8 cm³/mol. The summed E-state index contributed by atoms with van der Waals surface area (Å²) in [5.41, 5.74) is 1.18. The summed E-state index contributed by atoms with van der Waals surface area (Å²) in [6.07, 6.45) is 0.994. The minimum atomic E-state index is 0.115. The van der Waals surface area contributed by atoms with Crippen molar-refractivity contribution in [3.8, 4) is 0 Å². The van der Waals surface area contributed by atoms with Gasteiger partial charge in [-0.1, -0.05) is 30.3 Å². The van der Waals surface area contributed by atoms with Crippen LogP contribution in [0.15, 0.2) is 30.3 Å². The molecule has 0 radical (unpaired) electrons. The van der Waals surface area contributed by atoms with Crippen LogP contribution in [0.3, 0.4) is 0 Å². The van der Waals surface area contributed by atoms with Gasteiger partial charge < -0.3 is 4.90 Å². The van der Waals surface area contributed by atoms with Crippen LogP contribution in [0.25, 0.3) is 0 Å². The summed E-state index contributed by atoms with van der Waals surface area (Å²) in [7, 11) is 0. The van der Waals surface area contributed by atoms with Crippen molar-refractivity contribution in [3.63, 3.8) is 0 Å². The number of fused-ring (bicyclic) bond motifs is 1. The van der Waals surface area contributed by atoms with Crippen molar-refractivity contribution in [2.45, 2.75) is 17.7 Å². The fourth-order valence-electron chi connectivity index (χ4n) is 2.44. The Morgan fingerprint density at radius 3 is 2.80 bits per heavy atom. The summed E-state index contributed by atoms with van der Waals surface area (Å²) >= 11 is 1.92. The molecular formula is C12H13NOS. The van der Waals surface area contributed by atoms with Gasteiger partial charge in [0.1, 0.15) is 0 Å². The molecule has 1 aromatic carbocycles. The quantitative estimate of drug-likeness (QED) is 0.720. The summed E-state index contributed by atoms with van der Waals surface area (Å²) < 4.78 is 0. The number of hydrogen-bond acceptors (Lipinski definition) is 2. The largest absolute Gasteiger partial charge is 0.329 e. The topological polar surface area (TPSA) is 20.3 Å². The minimum Gasteiger partial charge on any atom is -0.329 e. The molecule has 2 unspecified atom stereocenters. The maximum atomic E-state index is 12.1. The molecule has 2 atom stereocenters. The summed E-state index contributed by atoms with van der Waals surface area (Å²) in [5, 5.41) is 0.447. The van der Waals surface area contributed by atoms with E-state index in [-0.39, 0.29) is 5.92 Å². The number of carbonyl (C=O) groups is 1. The van der Waals surface area contributed by atoms with Crippen molar-refractivity contribution in [3.05, 3.63) is 35.9 Å². The molecular weight excluding hydrogens is 206 g/mol. The number of carbonyl (C=O) groups excluding carboxylic acids is 1. The Bertz CT molecular complexity index is 378. The van der Waals surface area contributed by atoms with Crippen LogP contribution in [-0.4, -0.2) is 28.5 Å². The van der Waals surface area contributed by atoms with Crippen molar-refractivity contribution >= 4 is 17.7 Å². The molecule has 78 valence electrons. The summed E-state index contributed by atoms with van der Waals surface area (Å²) in [4.78, 5) is 14.1. The van der Waals surface area contributed by atoms with Crippen LogP contribution in [0.5, 0.6) is 0 Å². The zero-order valence-electron chi connectivity index (χ0n) is 8.43. The minimum absolute atomic E-state index is 0.115. The maximum absolute atomic E-state index is 12.1. The molecule has 0 aliphatic carbocycles. The first-order valence-corrected chi connectivity index (χ1v) is 6.38. The molecule has 3 heteroatoms. The van der Waals surface area contributed by atoms with Gasteiger partial charge in [0.2, 0.25) is 5.91 Å². The lowest BCUT2D eigenvalue weighted by Crippen LogP contribution is -2.28. The predicted octanol–water partition coefficient (Wildman–Crippen LogP) is 2.08. The molecule has 2 fully saturated rings. The molecule has 2 nitrogen and oxygen atoms in total. The van der Waals surface area contributed by atoms with Crippen LogP contribution in [-0.2, 0) is 4.79 Å². The van der Waals surface area contributed by atoms with Gasteiger partial charge in [-0.05, 0) is 12.0 Å². The highest BCUT2D eigenvalue weighted by Gasteiger charge is 2.42. The van der Waals surface area contributed by atoms with E-state index in [1.807, 2.05) is 34.9 Å². The zero-order chi connectivity index (χ0) is 10.3. The molecule has 2 saturated heterocycles. The number of benzene rings is 1. The van der Waals surface area contributed by atoms with E-state index in [1.165, 1.54) is 5.56 Å². The van der Waals surface area contributed by atoms with Gasteiger partial charge in [-0.25, -0.2) is 0 Å². The van der Waals surface area contributed by atoms with Crippen LogP contribution >= 0.6 is 11.8 Å². The van der Waals surface area contributed by atoms with E-state index in [2.05, 4.69) is 12.1 Å². The Morgan fingerprint density at radius 1 is 1.27 bits per heavy atom. The molecule has 0 spiro atoms. The Labute approximate surface area is 93.7 Å². The second kappa shape index (κ2) is 3.56. The molecule has 0 saturated carbocycles. The highest BCUT2D eigenvalue weighted by atomic mass is 32.2. The smallest absolute Gasteiger partial charge is 0.231 e. The lowest BCUT2D eigenvalue weighted by Gasteiger charge is -2.13. The van der Waals surface area contributed by atoms with Crippen LogP contribution in [0, 0.1) is 0 Å². The summed E-state index contributed by atoms with van der Waals surface area (Å²) in [6.45, 7) is 0.942. The van der Waals surface area contributed by atoms with Gasteiger partial charge in [-0.2, -0.15) is 0 Å². The van der Waals surface area contributed by atoms with E-state index in [0.29, 0.717) is 11.3 Å². The Hall–Kier alpha value is -0.960. The fourth-order valence-corrected chi connectivity index (χ4v) is 3.73. The van der Waals surface area contributed by atoms with Gasteiger partial charge in [-0.15, -0.1) is 11.8 Å². The molecule has 1 aromatic rings. The normalized spacial score (nSPS) is 29.6. The molecule has 3 rings (SSSR count). The molecule has 1 amide bonds. The van der Waals surface area contributed by atoms with Crippen LogP contribution in [0.4, 0.5) is 0 Å². The second-order valence-electron chi connectivity index (χ2n) is 4.06. The zero-order valence-corrected chi connectivity index (χ0v) is 9.24. The van der Waals surface area contributed by atoms with Crippen LogP contribution < -0.4 is 0 Å². The van der Waals surface area contributed by atoms with Crippen molar-refractivity contribution in [1.82, 2.24) is 4.90 Å². The molecule has 15 heavy (non-hydrogen) atoms. The van der Waals surface area contributed by atoms with Gasteiger partial charge in [0.05, 0.1) is 11.3 Å². The first-order chi connectivity index (χ1) is 7.36. The van der Waals surface area contributed by atoms with Gasteiger partial charge in [-0.3, -0.25) is 4.79 Å². The van der Waals surface area contributed by atoms with Crippen molar-refractivity contribution in [2.24, 2.45) is 0 Å². The molecule has 2 heterocycles. The van der Waals surface area contributed by atoms with Crippen LogP contribution in [0.1, 0.15) is 17.9 Å². The van der Waals surface area contributed by atoms with Crippen molar-refractivity contribution < 1.29 is 4.79 Å². The highest BCUT2D eigenvalue weighted by Crippen LogP contribution is 2.41. The third kappa shape index (κ3) is 1.46. The standard InChI is InChI=1S/C12H13NOS/c14-12-10(9-4-2-1-3-5-9)8-11-13(12)6-7-15-11/h1-5,10-11H,6-8H2. The van der Waals surface area contributed by atoms with E-state index in [1.54, 1.807) is 0 Å². The van der Waals surface area contributed by atoms with Gasteiger partial charge in [0.25, 0.3) is 0 Å². The first kappa shape index (κ1) is 9.28. The Morgan fingerprint density at radius 2 is 2.07 bits per heavy atom. The SMILES string of the molecule is O=C1C(c2ccccc2)CC2SCCN12. The van der Waals surface area contributed by atoms with Crippen molar-refractivity contribution in [2.75, 3.05) is 12.3 Å². The second-order valence-corrected chi connectivity index (χ2v) is 5.34. The van der Waals surface area contributed by atoms with E-state index in [0.717, 1.165) is 18.7 Å². The monoisotopic (exact) mass is 219 g/mol. The first-order valence-electron chi connectivity index (χ1n) is 5.33. The van der Waals surface area contributed by atoms with Gasteiger partial charge >= 0.3 is 0 Å². The molecule has 0 bridgehead atoms. The summed E-state index contributed by atoms with van der Waals surface area (Å²) in [5.74, 6) is 1.55. The number of rotatable bonds is 1. The molecule has 0 aromatic heterocycles. The average Bonchev–Trinajstić information content (AvgIpc) is 2.83. The number of amides is 1. The molecule has 2 aliphatic rings. The summed E-state index contributed by atoms with van der Waals surface area (Å²) in [6, 6.07) is 10.2. The Kier molecular flexibility index (Phi) is 2.20. The number of thioether (sulfide) groups is 1. The van der Waals surface area contributed by atoms with E-state index < -0.39 is 0 Å². The fraction of sp³-hybridized carbons (Fsp3) is 0.417. The lowest BCUT2D eigenvalue weighted by atomic mass is 9.98. The highest BCUT2D eigenvalue weighted by molar-refractivity contribution is 8.00. The van der Waals surface area contributed by atoms with Crippen LogP contribution in [0.2, 0.25) is 0 Å². The third-order valence-corrected chi connectivity index (χ3v) is 4.46. The Balaban J connectivity index is 1.88. The van der Waals surface area contributed by atoms with E-state index in [4.69, 9.17) is 0 Å². The van der Waals surface area contributed by atoms with Gasteiger partial charge in [0.15, 0.2) is 0 Å². The van der Waals surface area contributed by atoms with E-state index >= 15 is 0 Å². The molecule has 0 N–H and O–H groups in total. The maximum Gasteiger partial charge on any atom is 0.231 e. The van der Waals surface area contributed by atoms with E-state index in [9.17, 15) is 4.79 Å². The van der Waals surface area contributed by atoms with Gasteiger partial charge in [0, 0.05) is 12.3 Å². The molecule has 2 aliphatic heterocycles. The number of nitrogens with zero attached hydrogens (tertiary/aromatic N) is 1. The van der Waals surface area contributed by atoms with Crippen molar-refractivity contribution in [1.29, 1.82) is 0 Å². The number of hydrogen-bond donors (Lipinski definition) is 0. The third-order valence-electron chi connectivity index (χ3n) is 3.21. The average molecular weight is 219 g/mol. The lowest BCUT2D eigenvalue weighted by molar-refractivity contribution is -0.128.